The van der Waals surface area contributed by atoms with E-state index in [4.69, 9.17) is 14.4 Å². The van der Waals surface area contributed by atoms with Crippen LogP contribution in [0.5, 0.6) is 0 Å². The molecule has 0 bridgehead atoms. The van der Waals surface area contributed by atoms with Crippen LogP contribution in [0.2, 0.25) is 0 Å². The van der Waals surface area contributed by atoms with Gasteiger partial charge in [-0.3, -0.25) is 0 Å². The van der Waals surface area contributed by atoms with Crippen molar-refractivity contribution < 1.29 is 4.42 Å². The van der Waals surface area contributed by atoms with Crippen molar-refractivity contribution in [2.45, 2.75) is 0 Å². The van der Waals surface area contributed by atoms with E-state index in [1.165, 1.54) is 21.9 Å². The van der Waals surface area contributed by atoms with Gasteiger partial charge in [0, 0.05) is 43.7 Å². The third-order valence-corrected chi connectivity index (χ3v) is 10.6. The summed E-state index contributed by atoms with van der Waals surface area (Å²) < 4.78 is 8.52. The molecule has 11 aromatic rings. The third-order valence-electron chi connectivity index (χ3n) is 10.6. The number of para-hydroxylation sites is 2. The maximum Gasteiger partial charge on any atom is 0.160 e. The van der Waals surface area contributed by atoms with Crippen molar-refractivity contribution in [1.82, 2.24) is 14.5 Å². The molecule has 54 heavy (non-hydrogen) atoms. The van der Waals surface area contributed by atoms with Crippen LogP contribution < -0.4 is 0 Å². The lowest BCUT2D eigenvalue weighted by Crippen LogP contribution is -1.96. The van der Waals surface area contributed by atoms with Crippen molar-refractivity contribution in [1.29, 1.82) is 0 Å². The zero-order chi connectivity index (χ0) is 35.6. The first-order valence-corrected chi connectivity index (χ1v) is 18.2. The van der Waals surface area contributed by atoms with Gasteiger partial charge in [-0.25, -0.2) is 9.97 Å². The van der Waals surface area contributed by atoms with Crippen molar-refractivity contribution in [3.05, 3.63) is 188 Å². The smallest absolute Gasteiger partial charge is 0.160 e. The second-order valence-corrected chi connectivity index (χ2v) is 13.8. The molecule has 0 saturated carbocycles. The molecule has 0 aliphatic carbocycles. The molecule has 0 aliphatic rings. The highest BCUT2D eigenvalue weighted by Crippen LogP contribution is 2.39. The Hall–Kier alpha value is -7.30. The number of aromatic nitrogens is 3. The largest absolute Gasteiger partial charge is 0.456 e. The standard InChI is InChI=1S/C50H31N3O/c1-4-12-32(13-5-1)49-43-30-34(21-25-44(43)51-50(52-49)33-14-6-2-7-15-33)37-20-24-39-41-28-35(22-26-45(41)53(46(39)31-37)38-16-8-3-9-17-38)36-23-27-48-42(29-36)40-18-10-11-19-47(40)54-48/h1-31H. The lowest BCUT2D eigenvalue weighted by molar-refractivity contribution is 0.669. The minimum absolute atomic E-state index is 0.723. The van der Waals surface area contributed by atoms with E-state index in [2.05, 4.69) is 156 Å². The highest BCUT2D eigenvalue weighted by molar-refractivity contribution is 6.12. The second kappa shape index (κ2) is 12.1. The van der Waals surface area contributed by atoms with Gasteiger partial charge in [-0.05, 0) is 82.9 Å². The molecule has 252 valence electrons. The van der Waals surface area contributed by atoms with Crippen molar-refractivity contribution in [3.63, 3.8) is 0 Å². The lowest BCUT2D eigenvalue weighted by atomic mass is 9.98. The Morgan fingerprint density at radius 1 is 0.352 bits per heavy atom. The number of rotatable bonds is 5. The second-order valence-electron chi connectivity index (χ2n) is 13.8. The SMILES string of the molecule is c1ccc(-c2nc(-c3ccccc3)c3cc(-c4ccc5c6cc(-c7ccc8oc9ccccc9c8c7)ccc6n(-c6ccccc6)c5c4)ccc3n2)cc1. The summed E-state index contributed by atoms with van der Waals surface area (Å²) in [6.07, 6.45) is 0. The molecule has 8 aromatic carbocycles. The molecule has 0 unspecified atom stereocenters. The molecule has 4 heteroatoms. The first kappa shape index (κ1) is 30.3. The molecule has 11 rings (SSSR count). The number of hydrogen-bond donors (Lipinski definition) is 0. The molecule has 0 amide bonds. The number of benzene rings is 8. The molecule has 0 N–H and O–H groups in total. The van der Waals surface area contributed by atoms with Crippen LogP contribution in [-0.4, -0.2) is 14.5 Å². The average molecular weight is 690 g/mol. The Morgan fingerprint density at radius 3 is 1.74 bits per heavy atom. The Bertz CT molecular complexity index is 3200. The van der Waals surface area contributed by atoms with Crippen LogP contribution in [-0.2, 0) is 0 Å². The number of hydrogen-bond acceptors (Lipinski definition) is 3. The third kappa shape index (κ3) is 4.92. The Labute approximate surface area is 311 Å². The highest BCUT2D eigenvalue weighted by Gasteiger charge is 2.17. The van der Waals surface area contributed by atoms with Crippen molar-refractivity contribution in [3.8, 4) is 50.6 Å². The predicted molar refractivity (Wildman–Crippen MR) is 223 cm³/mol. The summed E-state index contributed by atoms with van der Waals surface area (Å²) >= 11 is 0. The Morgan fingerprint density at radius 2 is 0.944 bits per heavy atom. The van der Waals surface area contributed by atoms with Gasteiger partial charge in [0.1, 0.15) is 11.2 Å². The molecule has 3 aromatic heterocycles. The fraction of sp³-hybridized carbons (Fsp3) is 0. The first-order valence-electron chi connectivity index (χ1n) is 18.2. The van der Waals surface area contributed by atoms with E-state index in [1.54, 1.807) is 0 Å². The van der Waals surface area contributed by atoms with Gasteiger partial charge in [0.25, 0.3) is 0 Å². The van der Waals surface area contributed by atoms with Crippen molar-refractivity contribution >= 4 is 54.6 Å². The maximum absolute atomic E-state index is 6.14. The van der Waals surface area contributed by atoms with Gasteiger partial charge in [-0.2, -0.15) is 0 Å². The van der Waals surface area contributed by atoms with Gasteiger partial charge < -0.3 is 8.98 Å². The fourth-order valence-electron chi connectivity index (χ4n) is 7.98. The molecule has 0 saturated heterocycles. The van der Waals surface area contributed by atoms with E-state index >= 15 is 0 Å². The topological polar surface area (TPSA) is 43.9 Å². The Kier molecular flexibility index (Phi) is 6.82. The van der Waals surface area contributed by atoms with Gasteiger partial charge in [0.05, 0.1) is 22.2 Å². The number of nitrogens with zero attached hydrogens (tertiary/aromatic N) is 3. The lowest BCUT2D eigenvalue weighted by Gasteiger charge is -2.12. The predicted octanol–water partition coefficient (Wildman–Crippen LogP) is 13.3. The summed E-state index contributed by atoms with van der Waals surface area (Å²) in [7, 11) is 0. The van der Waals surface area contributed by atoms with Crippen molar-refractivity contribution in [2.75, 3.05) is 0 Å². The molecular formula is C50H31N3O. The van der Waals surface area contributed by atoms with Crippen LogP contribution in [0, 0.1) is 0 Å². The molecule has 0 atom stereocenters. The van der Waals surface area contributed by atoms with Crippen LogP contribution in [0.3, 0.4) is 0 Å². The summed E-state index contributed by atoms with van der Waals surface area (Å²) in [5.74, 6) is 0.723. The summed E-state index contributed by atoms with van der Waals surface area (Å²) in [4.78, 5) is 10.2. The van der Waals surface area contributed by atoms with E-state index < -0.39 is 0 Å². The van der Waals surface area contributed by atoms with Gasteiger partial charge >= 0.3 is 0 Å². The molecular weight excluding hydrogens is 659 g/mol. The maximum atomic E-state index is 6.14. The van der Waals surface area contributed by atoms with Crippen LogP contribution in [0.1, 0.15) is 0 Å². The minimum atomic E-state index is 0.723. The number of furan rings is 1. The van der Waals surface area contributed by atoms with E-state index in [9.17, 15) is 0 Å². The van der Waals surface area contributed by atoms with Crippen LogP contribution in [0.25, 0.3) is 105 Å². The summed E-state index contributed by atoms with van der Waals surface area (Å²) in [6.45, 7) is 0. The van der Waals surface area contributed by atoms with Crippen molar-refractivity contribution in [2.24, 2.45) is 0 Å². The number of fused-ring (bicyclic) bond motifs is 7. The zero-order valence-electron chi connectivity index (χ0n) is 29.1. The highest BCUT2D eigenvalue weighted by atomic mass is 16.3. The molecule has 4 nitrogen and oxygen atoms in total. The molecule has 0 fully saturated rings. The quantitative estimate of drug-likeness (QED) is 0.181. The minimum Gasteiger partial charge on any atom is -0.456 e. The summed E-state index contributed by atoms with van der Waals surface area (Å²) in [5, 5.41) is 5.70. The van der Waals surface area contributed by atoms with Gasteiger partial charge in [-0.15, -0.1) is 0 Å². The fourth-order valence-corrected chi connectivity index (χ4v) is 7.98. The van der Waals surface area contributed by atoms with Crippen LogP contribution in [0.15, 0.2) is 192 Å². The van der Waals surface area contributed by atoms with E-state index in [0.29, 0.717) is 0 Å². The molecule has 3 heterocycles. The normalized spacial score (nSPS) is 11.7. The van der Waals surface area contributed by atoms with Gasteiger partial charge in [0.2, 0.25) is 0 Å². The molecule has 0 aliphatic heterocycles. The van der Waals surface area contributed by atoms with Crippen LogP contribution >= 0.6 is 0 Å². The molecule has 0 spiro atoms. The first-order chi connectivity index (χ1) is 26.7. The zero-order valence-corrected chi connectivity index (χ0v) is 29.1. The van der Waals surface area contributed by atoms with E-state index in [-0.39, 0.29) is 0 Å². The monoisotopic (exact) mass is 689 g/mol. The average Bonchev–Trinajstić information content (AvgIpc) is 3.78. The van der Waals surface area contributed by atoms with E-state index in [0.717, 1.165) is 83.4 Å². The molecule has 0 radical (unpaired) electrons. The van der Waals surface area contributed by atoms with Gasteiger partial charge in [-0.1, -0.05) is 127 Å². The van der Waals surface area contributed by atoms with Crippen LogP contribution in [0.4, 0.5) is 0 Å². The van der Waals surface area contributed by atoms with Gasteiger partial charge in [0.15, 0.2) is 5.82 Å². The van der Waals surface area contributed by atoms with E-state index in [1.807, 2.05) is 36.4 Å². The summed E-state index contributed by atoms with van der Waals surface area (Å²) in [5.41, 5.74) is 13.7. The Balaban J connectivity index is 1.09. The summed E-state index contributed by atoms with van der Waals surface area (Å²) in [6, 6.07) is 66.3.